The van der Waals surface area contributed by atoms with Gasteiger partial charge in [0.25, 0.3) is 0 Å². The van der Waals surface area contributed by atoms with Crippen LogP contribution in [0.1, 0.15) is 36.9 Å². The summed E-state index contributed by atoms with van der Waals surface area (Å²) in [7, 11) is 0. The number of carbonyl (C=O) groups excluding carboxylic acids is 1. The van der Waals surface area contributed by atoms with Gasteiger partial charge in [-0.3, -0.25) is 9.89 Å². The van der Waals surface area contributed by atoms with E-state index in [-0.39, 0.29) is 17.9 Å². The number of aromatic amines is 1. The van der Waals surface area contributed by atoms with E-state index >= 15 is 0 Å². The number of hydrogen-bond acceptors (Lipinski definition) is 3. The van der Waals surface area contributed by atoms with E-state index in [1.165, 1.54) is 0 Å². The quantitative estimate of drug-likeness (QED) is 0.727. The maximum Gasteiger partial charge on any atom is 0.228 e. The summed E-state index contributed by atoms with van der Waals surface area (Å²) in [5.74, 6) is 0.733. The lowest BCUT2D eigenvalue weighted by molar-refractivity contribution is -0.120. The van der Waals surface area contributed by atoms with Crippen LogP contribution in [-0.2, 0) is 4.79 Å². The first-order valence-electron chi connectivity index (χ1n) is 6.16. The molecular weight excluding hydrogens is 216 g/mol. The minimum absolute atomic E-state index is 0.0372. The van der Waals surface area contributed by atoms with Gasteiger partial charge in [-0.15, -0.1) is 0 Å². The molecule has 4 N–H and O–H groups in total. The van der Waals surface area contributed by atoms with Crippen LogP contribution < -0.4 is 11.1 Å². The number of carbonyl (C=O) groups is 1. The predicted molar refractivity (Wildman–Crippen MR) is 66.6 cm³/mol. The Morgan fingerprint density at radius 2 is 2.24 bits per heavy atom. The fraction of sp³-hybridized carbons (Fsp3) is 0.667. The minimum atomic E-state index is 0.0372. The van der Waals surface area contributed by atoms with Gasteiger partial charge >= 0.3 is 0 Å². The molecule has 0 aromatic carbocycles. The predicted octanol–water partition coefficient (Wildman–Crippen LogP) is 1.48. The molecule has 1 amide bonds. The zero-order valence-electron chi connectivity index (χ0n) is 10.4. The summed E-state index contributed by atoms with van der Waals surface area (Å²) < 4.78 is 0. The van der Waals surface area contributed by atoms with Crippen molar-refractivity contribution < 1.29 is 4.79 Å². The lowest BCUT2D eigenvalue weighted by Gasteiger charge is -2.25. The lowest BCUT2D eigenvalue weighted by atomic mass is 9.85. The van der Waals surface area contributed by atoms with Crippen LogP contribution >= 0.6 is 0 Å². The van der Waals surface area contributed by atoms with Gasteiger partial charge in [0, 0.05) is 23.2 Å². The van der Waals surface area contributed by atoms with E-state index in [2.05, 4.69) is 15.5 Å². The first-order chi connectivity index (χ1) is 8.08. The highest BCUT2D eigenvalue weighted by atomic mass is 16.2. The minimum Gasteiger partial charge on any atom is -0.328 e. The number of anilines is 1. The Balaban J connectivity index is 1.99. The Bertz CT molecular complexity index is 413. The van der Waals surface area contributed by atoms with Crippen LogP contribution in [0.5, 0.6) is 0 Å². The number of hydrogen-bond donors (Lipinski definition) is 3. The first kappa shape index (κ1) is 12.1. The molecule has 1 aromatic rings. The van der Waals surface area contributed by atoms with Gasteiger partial charge in [0.2, 0.25) is 5.91 Å². The monoisotopic (exact) mass is 236 g/mol. The molecule has 1 heterocycles. The summed E-state index contributed by atoms with van der Waals surface area (Å²) >= 11 is 0. The Hall–Kier alpha value is -1.36. The number of aryl methyl sites for hydroxylation is 1. The molecule has 2 atom stereocenters. The summed E-state index contributed by atoms with van der Waals surface area (Å²) in [6.07, 6.45) is 3.79. The van der Waals surface area contributed by atoms with E-state index < -0.39 is 0 Å². The second-order valence-electron chi connectivity index (χ2n) is 4.94. The third-order valence-electron chi connectivity index (χ3n) is 3.58. The number of aromatic nitrogens is 2. The van der Waals surface area contributed by atoms with Gasteiger partial charge in [-0.1, -0.05) is 6.42 Å². The van der Waals surface area contributed by atoms with E-state index in [0.29, 0.717) is 5.82 Å². The fourth-order valence-electron chi connectivity index (χ4n) is 2.29. The Kier molecular flexibility index (Phi) is 3.47. The number of nitrogens with two attached hydrogens (primary N) is 1. The van der Waals surface area contributed by atoms with Crippen molar-refractivity contribution in [1.29, 1.82) is 0 Å². The van der Waals surface area contributed by atoms with Crippen LogP contribution in [0.15, 0.2) is 0 Å². The molecule has 0 saturated heterocycles. The standard InChI is InChI=1S/C12H20N4O/c1-7-8(2)15-16-11(7)14-12(17)9-4-3-5-10(13)6-9/h9-10H,3-6,13H2,1-2H3,(H2,14,15,16,17). The van der Waals surface area contributed by atoms with E-state index in [9.17, 15) is 4.79 Å². The highest BCUT2D eigenvalue weighted by Gasteiger charge is 2.26. The molecule has 2 rings (SSSR count). The van der Waals surface area contributed by atoms with E-state index in [4.69, 9.17) is 5.73 Å². The maximum atomic E-state index is 12.1. The Morgan fingerprint density at radius 1 is 1.47 bits per heavy atom. The first-order valence-corrected chi connectivity index (χ1v) is 6.16. The molecule has 0 bridgehead atoms. The largest absolute Gasteiger partial charge is 0.328 e. The van der Waals surface area contributed by atoms with Crippen molar-refractivity contribution in [2.45, 2.75) is 45.6 Å². The molecule has 1 aliphatic rings. The molecule has 17 heavy (non-hydrogen) atoms. The maximum absolute atomic E-state index is 12.1. The third-order valence-corrected chi connectivity index (χ3v) is 3.58. The topological polar surface area (TPSA) is 83.8 Å². The van der Waals surface area contributed by atoms with Crippen molar-refractivity contribution in [3.8, 4) is 0 Å². The van der Waals surface area contributed by atoms with Crippen LogP contribution in [0.25, 0.3) is 0 Å². The van der Waals surface area contributed by atoms with Gasteiger partial charge in [-0.2, -0.15) is 5.10 Å². The van der Waals surface area contributed by atoms with Gasteiger partial charge < -0.3 is 11.1 Å². The summed E-state index contributed by atoms with van der Waals surface area (Å²) in [5, 5.41) is 9.83. The molecule has 1 saturated carbocycles. The Morgan fingerprint density at radius 3 is 2.82 bits per heavy atom. The summed E-state index contributed by atoms with van der Waals surface area (Å²) in [5.41, 5.74) is 7.87. The van der Waals surface area contributed by atoms with Gasteiger partial charge in [0.05, 0.1) is 0 Å². The average Bonchev–Trinajstić information content (AvgIpc) is 2.61. The molecular formula is C12H20N4O. The van der Waals surface area contributed by atoms with Gasteiger partial charge in [0.15, 0.2) is 5.82 Å². The fourth-order valence-corrected chi connectivity index (χ4v) is 2.29. The summed E-state index contributed by atoms with van der Waals surface area (Å²) in [6.45, 7) is 3.88. The highest BCUT2D eigenvalue weighted by molar-refractivity contribution is 5.92. The molecule has 0 radical (unpaired) electrons. The van der Waals surface area contributed by atoms with Crippen molar-refractivity contribution in [3.63, 3.8) is 0 Å². The molecule has 1 aliphatic carbocycles. The molecule has 5 heteroatoms. The highest BCUT2D eigenvalue weighted by Crippen LogP contribution is 2.25. The number of H-pyrrole nitrogens is 1. The van der Waals surface area contributed by atoms with Crippen molar-refractivity contribution in [2.75, 3.05) is 5.32 Å². The van der Waals surface area contributed by atoms with Crippen LogP contribution in [0.2, 0.25) is 0 Å². The van der Waals surface area contributed by atoms with Gasteiger partial charge in [-0.25, -0.2) is 0 Å². The van der Waals surface area contributed by atoms with Crippen molar-refractivity contribution in [3.05, 3.63) is 11.3 Å². The van der Waals surface area contributed by atoms with Gasteiger partial charge in [0.1, 0.15) is 0 Å². The number of rotatable bonds is 2. The number of amides is 1. The lowest BCUT2D eigenvalue weighted by Crippen LogP contribution is -2.34. The smallest absolute Gasteiger partial charge is 0.228 e. The van der Waals surface area contributed by atoms with E-state index in [1.54, 1.807) is 0 Å². The summed E-state index contributed by atoms with van der Waals surface area (Å²) in [4.78, 5) is 12.1. The average molecular weight is 236 g/mol. The van der Waals surface area contributed by atoms with Crippen molar-refractivity contribution in [1.82, 2.24) is 10.2 Å². The molecule has 1 aromatic heterocycles. The van der Waals surface area contributed by atoms with Crippen LogP contribution in [0.3, 0.4) is 0 Å². The molecule has 1 fully saturated rings. The van der Waals surface area contributed by atoms with Gasteiger partial charge in [-0.05, 0) is 33.1 Å². The van der Waals surface area contributed by atoms with E-state index in [0.717, 1.165) is 36.9 Å². The zero-order valence-corrected chi connectivity index (χ0v) is 10.4. The van der Waals surface area contributed by atoms with Crippen LogP contribution in [0.4, 0.5) is 5.82 Å². The summed E-state index contributed by atoms with van der Waals surface area (Å²) in [6, 6.07) is 0.168. The van der Waals surface area contributed by atoms with Crippen LogP contribution in [0, 0.1) is 19.8 Å². The third kappa shape index (κ3) is 2.66. The zero-order chi connectivity index (χ0) is 12.4. The molecule has 0 spiro atoms. The second-order valence-corrected chi connectivity index (χ2v) is 4.94. The molecule has 5 nitrogen and oxygen atoms in total. The molecule has 2 unspecified atom stereocenters. The second kappa shape index (κ2) is 4.87. The molecule has 0 aliphatic heterocycles. The molecule has 94 valence electrons. The van der Waals surface area contributed by atoms with Crippen molar-refractivity contribution in [2.24, 2.45) is 11.7 Å². The SMILES string of the molecule is Cc1[nH]nc(NC(=O)C2CCCC(N)C2)c1C. The number of nitrogens with zero attached hydrogens (tertiary/aromatic N) is 1. The van der Waals surface area contributed by atoms with E-state index in [1.807, 2.05) is 13.8 Å². The normalized spacial score (nSPS) is 24.6. The van der Waals surface area contributed by atoms with Crippen molar-refractivity contribution >= 4 is 11.7 Å². The Labute approximate surface area is 101 Å². The number of nitrogens with one attached hydrogen (secondary N) is 2. The van der Waals surface area contributed by atoms with Crippen LogP contribution in [-0.4, -0.2) is 22.1 Å².